The molecular weight excluding hydrogens is 438 g/mol. The predicted octanol–water partition coefficient (Wildman–Crippen LogP) is 4.36. The SMILES string of the molecule is CC(C)(C)c1ccc(-c2nc3n(c(=NC4CCN(C(=O)c5ccccc5)CC4)n2)CC(O)=C3)cc1. The molecule has 180 valence electrons. The molecule has 0 spiro atoms. The predicted molar refractivity (Wildman–Crippen MR) is 136 cm³/mol. The van der Waals surface area contributed by atoms with Crippen LogP contribution in [-0.2, 0) is 12.0 Å². The summed E-state index contributed by atoms with van der Waals surface area (Å²) in [7, 11) is 0. The highest BCUT2D eigenvalue weighted by Gasteiger charge is 2.24. The van der Waals surface area contributed by atoms with Crippen molar-refractivity contribution >= 4 is 12.0 Å². The molecule has 1 aromatic heterocycles. The standard InChI is InChI=1S/C28H31N5O2/c1-28(2,3)21-11-9-19(10-12-21)25-30-24-17-23(34)18-33(24)27(31-25)29-22-13-15-32(16-14-22)26(35)20-7-5-4-6-8-20/h4-12,17,22,34H,13-16,18H2,1-3H3. The van der Waals surface area contributed by atoms with Crippen LogP contribution in [0.1, 0.15) is 55.4 Å². The Morgan fingerprint density at radius 2 is 1.69 bits per heavy atom. The van der Waals surface area contributed by atoms with Crippen LogP contribution in [0.4, 0.5) is 0 Å². The van der Waals surface area contributed by atoms with Crippen LogP contribution in [-0.4, -0.2) is 49.6 Å². The maximum Gasteiger partial charge on any atom is 0.253 e. The van der Waals surface area contributed by atoms with Crippen molar-refractivity contribution in [3.63, 3.8) is 0 Å². The number of rotatable bonds is 3. The Hall–Kier alpha value is -3.74. The van der Waals surface area contributed by atoms with E-state index in [1.807, 2.05) is 51.9 Å². The number of amides is 1. The second-order valence-corrected chi connectivity index (χ2v) is 10.3. The fourth-order valence-electron chi connectivity index (χ4n) is 4.54. The number of benzene rings is 2. The van der Waals surface area contributed by atoms with Crippen LogP contribution in [0.3, 0.4) is 0 Å². The number of aromatic nitrogens is 3. The Morgan fingerprint density at radius 3 is 2.34 bits per heavy atom. The second-order valence-electron chi connectivity index (χ2n) is 10.3. The summed E-state index contributed by atoms with van der Waals surface area (Å²) in [6, 6.07) is 17.8. The van der Waals surface area contributed by atoms with E-state index in [1.54, 1.807) is 6.08 Å². The molecule has 7 heteroatoms. The van der Waals surface area contributed by atoms with Crippen LogP contribution in [0.2, 0.25) is 0 Å². The van der Waals surface area contributed by atoms with Crippen molar-refractivity contribution in [2.75, 3.05) is 13.1 Å². The van der Waals surface area contributed by atoms with E-state index in [0.29, 0.717) is 36.9 Å². The molecule has 0 radical (unpaired) electrons. The van der Waals surface area contributed by atoms with Gasteiger partial charge in [-0.1, -0.05) is 63.2 Å². The molecule has 1 amide bonds. The minimum Gasteiger partial charge on any atom is -0.510 e. The van der Waals surface area contributed by atoms with Crippen molar-refractivity contribution in [1.82, 2.24) is 19.4 Å². The van der Waals surface area contributed by atoms with Gasteiger partial charge in [0.1, 0.15) is 11.6 Å². The van der Waals surface area contributed by atoms with Gasteiger partial charge in [0, 0.05) is 30.3 Å². The van der Waals surface area contributed by atoms with Gasteiger partial charge in [0.25, 0.3) is 5.91 Å². The number of hydrogen-bond donors (Lipinski definition) is 1. The fourth-order valence-corrected chi connectivity index (χ4v) is 4.54. The molecule has 2 aliphatic rings. The minimum atomic E-state index is 0.0557. The first kappa shape index (κ1) is 23.0. The quantitative estimate of drug-likeness (QED) is 0.618. The highest BCUT2D eigenvalue weighted by molar-refractivity contribution is 5.94. The Balaban J connectivity index is 1.40. The van der Waals surface area contributed by atoms with E-state index in [2.05, 4.69) is 32.9 Å². The molecule has 1 N–H and O–H groups in total. The largest absolute Gasteiger partial charge is 0.510 e. The number of likely N-dealkylation sites (tertiary alicyclic amines) is 1. The third-order valence-corrected chi connectivity index (χ3v) is 6.64. The van der Waals surface area contributed by atoms with Crippen LogP contribution in [0.25, 0.3) is 17.5 Å². The van der Waals surface area contributed by atoms with Crippen LogP contribution < -0.4 is 5.62 Å². The molecular formula is C28H31N5O2. The van der Waals surface area contributed by atoms with E-state index in [1.165, 1.54) is 5.56 Å². The third-order valence-electron chi connectivity index (χ3n) is 6.64. The molecule has 1 saturated heterocycles. The molecule has 3 aromatic rings. The minimum absolute atomic E-state index is 0.0557. The van der Waals surface area contributed by atoms with Crippen LogP contribution in [0.15, 0.2) is 65.3 Å². The summed E-state index contributed by atoms with van der Waals surface area (Å²) in [4.78, 5) is 29.1. The summed E-state index contributed by atoms with van der Waals surface area (Å²) >= 11 is 0. The van der Waals surface area contributed by atoms with E-state index < -0.39 is 0 Å². The van der Waals surface area contributed by atoms with Gasteiger partial charge in [-0.25, -0.2) is 9.98 Å². The lowest BCUT2D eigenvalue weighted by molar-refractivity contribution is 0.0714. The molecule has 3 heterocycles. The lowest BCUT2D eigenvalue weighted by atomic mass is 9.87. The zero-order chi connectivity index (χ0) is 24.6. The maximum atomic E-state index is 12.8. The molecule has 1 fully saturated rings. The van der Waals surface area contributed by atoms with E-state index in [-0.39, 0.29) is 23.1 Å². The lowest BCUT2D eigenvalue weighted by Gasteiger charge is -2.30. The first-order valence-corrected chi connectivity index (χ1v) is 12.2. The molecule has 0 atom stereocenters. The Bertz CT molecular complexity index is 1330. The van der Waals surface area contributed by atoms with Gasteiger partial charge in [0.05, 0.1) is 12.6 Å². The summed E-state index contributed by atoms with van der Waals surface area (Å²) in [5, 5.41) is 10.2. The smallest absolute Gasteiger partial charge is 0.253 e. The van der Waals surface area contributed by atoms with Gasteiger partial charge in [-0.05, 0) is 36.0 Å². The van der Waals surface area contributed by atoms with E-state index in [4.69, 9.17) is 15.0 Å². The fraction of sp³-hybridized carbons (Fsp3) is 0.357. The highest BCUT2D eigenvalue weighted by atomic mass is 16.3. The topological polar surface area (TPSA) is 83.6 Å². The summed E-state index contributed by atoms with van der Waals surface area (Å²) in [6.45, 7) is 8.20. The van der Waals surface area contributed by atoms with Crippen LogP contribution in [0, 0.1) is 0 Å². The Labute approximate surface area is 205 Å². The molecule has 0 saturated carbocycles. The number of allylic oxidation sites excluding steroid dienone is 1. The monoisotopic (exact) mass is 469 g/mol. The van der Waals surface area contributed by atoms with Crippen molar-refractivity contribution in [3.05, 3.63) is 82.9 Å². The Kier molecular flexibility index (Phi) is 6.01. The number of hydrogen-bond acceptors (Lipinski definition) is 5. The molecule has 0 bridgehead atoms. The number of carbonyl (C=O) groups excluding carboxylic acids is 1. The van der Waals surface area contributed by atoms with Crippen molar-refractivity contribution < 1.29 is 9.90 Å². The van der Waals surface area contributed by atoms with Gasteiger partial charge in [-0.15, -0.1) is 0 Å². The van der Waals surface area contributed by atoms with Gasteiger partial charge >= 0.3 is 0 Å². The molecule has 0 unspecified atom stereocenters. The summed E-state index contributed by atoms with van der Waals surface area (Å²) in [6.07, 6.45) is 3.22. The normalized spacial score (nSPS) is 16.8. The molecule has 7 nitrogen and oxygen atoms in total. The molecule has 2 aliphatic heterocycles. The maximum absolute atomic E-state index is 12.8. The number of aliphatic hydroxyl groups excluding tert-OH is 1. The number of aliphatic hydroxyl groups is 1. The zero-order valence-electron chi connectivity index (χ0n) is 20.5. The van der Waals surface area contributed by atoms with Gasteiger partial charge in [-0.2, -0.15) is 4.98 Å². The number of carbonyl (C=O) groups is 1. The summed E-state index contributed by atoms with van der Waals surface area (Å²) < 4.78 is 1.85. The molecule has 0 aliphatic carbocycles. The van der Waals surface area contributed by atoms with Crippen molar-refractivity contribution in [1.29, 1.82) is 0 Å². The average molecular weight is 470 g/mol. The van der Waals surface area contributed by atoms with Gasteiger partial charge < -0.3 is 10.0 Å². The van der Waals surface area contributed by atoms with E-state index in [9.17, 15) is 9.90 Å². The Morgan fingerprint density at radius 1 is 1.00 bits per heavy atom. The number of piperidine rings is 1. The van der Waals surface area contributed by atoms with Gasteiger partial charge in [0.2, 0.25) is 5.62 Å². The highest BCUT2D eigenvalue weighted by Crippen LogP contribution is 2.25. The van der Waals surface area contributed by atoms with Gasteiger partial charge in [0.15, 0.2) is 5.82 Å². The first-order valence-electron chi connectivity index (χ1n) is 12.2. The van der Waals surface area contributed by atoms with Gasteiger partial charge in [-0.3, -0.25) is 9.36 Å². The second kappa shape index (κ2) is 9.13. The van der Waals surface area contributed by atoms with Crippen LogP contribution in [0.5, 0.6) is 0 Å². The van der Waals surface area contributed by atoms with E-state index >= 15 is 0 Å². The van der Waals surface area contributed by atoms with Crippen molar-refractivity contribution in [2.24, 2.45) is 4.99 Å². The lowest BCUT2D eigenvalue weighted by Crippen LogP contribution is -2.40. The van der Waals surface area contributed by atoms with E-state index in [0.717, 1.165) is 24.0 Å². The summed E-state index contributed by atoms with van der Waals surface area (Å²) in [5.74, 6) is 1.57. The molecule has 5 rings (SSSR count). The third kappa shape index (κ3) is 4.90. The molecule has 2 aromatic carbocycles. The average Bonchev–Trinajstić information content (AvgIpc) is 3.24. The first-order chi connectivity index (χ1) is 16.8. The summed E-state index contributed by atoms with van der Waals surface area (Å²) in [5.41, 5.74) is 3.52. The molecule has 35 heavy (non-hydrogen) atoms. The number of nitrogens with zero attached hydrogens (tertiary/aromatic N) is 5. The van der Waals surface area contributed by atoms with Crippen molar-refractivity contribution in [2.45, 2.75) is 51.6 Å². The van der Waals surface area contributed by atoms with Crippen LogP contribution >= 0.6 is 0 Å². The van der Waals surface area contributed by atoms with Crippen molar-refractivity contribution in [3.8, 4) is 11.4 Å². The number of fused-ring (bicyclic) bond motifs is 1. The zero-order valence-corrected chi connectivity index (χ0v) is 20.5.